The largest absolute Gasteiger partial charge is 0.396 e. The molecular weight excluding hydrogens is 372 g/mol. The van der Waals surface area contributed by atoms with Crippen molar-refractivity contribution in [2.45, 2.75) is 24.5 Å². The normalized spacial score (nSPS) is 14.4. The van der Waals surface area contributed by atoms with E-state index < -0.39 is 5.60 Å². The van der Waals surface area contributed by atoms with Gasteiger partial charge in [0.25, 0.3) is 0 Å². The molecule has 0 spiro atoms. The topological polar surface area (TPSA) is 49.7 Å². The first-order chi connectivity index (χ1) is 13.7. The fourth-order valence-electron chi connectivity index (χ4n) is 3.63. The molecule has 0 unspecified atom stereocenters. The Kier molecular flexibility index (Phi) is 7.24. The Bertz CT molecular complexity index is 837. The van der Waals surface area contributed by atoms with Crippen molar-refractivity contribution in [3.63, 3.8) is 0 Å². The molecule has 3 aromatic carbocycles. The number of rotatable bonds is 9. The maximum atomic E-state index is 10.6. The minimum absolute atomic E-state index is 0.0173. The lowest BCUT2D eigenvalue weighted by Gasteiger charge is -2.40. The third-order valence-electron chi connectivity index (χ3n) is 5.09. The van der Waals surface area contributed by atoms with Crippen LogP contribution in [0.1, 0.15) is 29.0 Å². The Hall–Kier alpha value is -2.17. The molecule has 3 rings (SSSR count). The van der Waals surface area contributed by atoms with Crippen molar-refractivity contribution in [2.75, 3.05) is 13.2 Å². The van der Waals surface area contributed by atoms with Crippen molar-refractivity contribution in [3.8, 4) is 0 Å². The van der Waals surface area contributed by atoms with Crippen LogP contribution >= 0.6 is 11.6 Å². The number of benzene rings is 3. The predicted octanol–water partition coefficient (Wildman–Crippen LogP) is 4.91. The number of hydrogen-bond acceptors (Lipinski definition) is 3. The second-order valence-corrected chi connectivity index (χ2v) is 7.24. The van der Waals surface area contributed by atoms with E-state index in [1.54, 1.807) is 0 Å². The summed E-state index contributed by atoms with van der Waals surface area (Å²) in [6.07, 6.45) is 0.450. The fourth-order valence-corrected chi connectivity index (χ4v) is 3.76. The van der Waals surface area contributed by atoms with Gasteiger partial charge in [-0.1, -0.05) is 84.4 Å². The molecule has 2 atom stereocenters. The molecule has 0 bridgehead atoms. The Morgan fingerprint density at radius 1 is 0.821 bits per heavy atom. The van der Waals surface area contributed by atoms with Crippen LogP contribution < -0.4 is 0 Å². The number of halogens is 1. The maximum Gasteiger partial charge on any atom is 0.123 e. The highest BCUT2D eigenvalue weighted by atomic mass is 35.5. The molecule has 0 amide bonds. The van der Waals surface area contributed by atoms with Gasteiger partial charge in [-0.25, -0.2) is 0 Å². The van der Waals surface area contributed by atoms with Crippen LogP contribution in [0.2, 0.25) is 5.02 Å². The minimum atomic E-state index is -0.992. The Labute approximate surface area is 171 Å². The van der Waals surface area contributed by atoms with Crippen molar-refractivity contribution in [1.82, 2.24) is 0 Å². The van der Waals surface area contributed by atoms with Crippen LogP contribution in [0.3, 0.4) is 0 Å². The summed E-state index contributed by atoms with van der Waals surface area (Å²) in [5, 5.41) is 21.0. The molecule has 3 nitrogen and oxygen atoms in total. The highest BCUT2D eigenvalue weighted by Gasteiger charge is 2.42. The number of hydrogen-bond donors (Lipinski definition) is 2. The standard InChI is InChI=1S/C24H25ClO3/c25-22-13-11-20(12-14-22)23(15-16-26)24(18-27,21-9-5-2-6-10-21)28-17-19-7-3-1-4-8-19/h1-14,23,26-27H,15-18H2/t23-,24+/m0/s1. The third-order valence-corrected chi connectivity index (χ3v) is 5.34. The molecular formula is C24H25ClO3. The van der Waals surface area contributed by atoms with Crippen LogP contribution in [0.15, 0.2) is 84.9 Å². The number of aliphatic hydroxyl groups is 2. The van der Waals surface area contributed by atoms with E-state index in [9.17, 15) is 10.2 Å². The molecule has 0 heterocycles. The van der Waals surface area contributed by atoms with Crippen LogP contribution in [0, 0.1) is 0 Å². The van der Waals surface area contributed by atoms with Crippen molar-refractivity contribution < 1.29 is 14.9 Å². The predicted molar refractivity (Wildman–Crippen MR) is 112 cm³/mol. The van der Waals surface area contributed by atoms with Crippen LogP contribution in [0.4, 0.5) is 0 Å². The summed E-state index contributed by atoms with van der Waals surface area (Å²) in [6.45, 7) is 0.125. The molecule has 0 radical (unpaired) electrons. The molecule has 0 aliphatic carbocycles. The van der Waals surface area contributed by atoms with E-state index in [-0.39, 0.29) is 19.1 Å². The Balaban J connectivity index is 2.05. The summed E-state index contributed by atoms with van der Waals surface area (Å²) in [6, 6.07) is 27.1. The van der Waals surface area contributed by atoms with Crippen LogP contribution in [-0.4, -0.2) is 23.4 Å². The molecule has 28 heavy (non-hydrogen) atoms. The summed E-state index contributed by atoms with van der Waals surface area (Å²) < 4.78 is 6.46. The molecule has 4 heteroatoms. The molecule has 0 saturated carbocycles. The molecule has 146 valence electrons. The third kappa shape index (κ3) is 4.62. The van der Waals surface area contributed by atoms with Crippen LogP contribution in [-0.2, 0) is 16.9 Å². The fraction of sp³-hybridized carbons (Fsp3) is 0.250. The van der Waals surface area contributed by atoms with Gasteiger partial charge in [-0.3, -0.25) is 0 Å². The summed E-state index contributed by atoms with van der Waals surface area (Å²) in [5.74, 6) is -0.245. The lowest BCUT2D eigenvalue weighted by Crippen LogP contribution is -2.41. The lowest BCUT2D eigenvalue weighted by molar-refractivity contribution is -0.116. The smallest absolute Gasteiger partial charge is 0.123 e. The van der Waals surface area contributed by atoms with E-state index in [2.05, 4.69) is 0 Å². The van der Waals surface area contributed by atoms with Crippen molar-refractivity contribution in [2.24, 2.45) is 0 Å². The van der Waals surface area contributed by atoms with E-state index >= 15 is 0 Å². The number of ether oxygens (including phenoxy) is 1. The van der Waals surface area contributed by atoms with Crippen molar-refractivity contribution in [3.05, 3.63) is 107 Å². The molecule has 0 saturated heterocycles. The van der Waals surface area contributed by atoms with Gasteiger partial charge in [-0.05, 0) is 35.2 Å². The van der Waals surface area contributed by atoms with E-state index in [1.807, 2.05) is 84.9 Å². The average Bonchev–Trinajstić information content (AvgIpc) is 2.76. The average molecular weight is 397 g/mol. The molecule has 3 aromatic rings. The molecule has 0 aromatic heterocycles. The summed E-state index contributed by atoms with van der Waals surface area (Å²) in [5.41, 5.74) is 1.87. The summed E-state index contributed by atoms with van der Waals surface area (Å²) in [4.78, 5) is 0. The minimum Gasteiger partial charge on any atom is -0.396 e. The highest BCUT2D eigenvalue weighted by Crippen LogP contribution is 2.43. The monoisotopic (exact) mass is 396 g/mol. The van der Waals surface area contributed by atoms with E-state index in [0.29, 0.717) is 18.1 Å². The van der Waals surface area contributed by atoms with Gasteiger partial charge in [0, 0.05) is 17.5 Å². The zero-order valence-electron chi connectivity index (χ0n) is 15.7. The van der Waals surface area contributed by atoms with Gasteiger partial charge < -0.3 is 14.9 Å². The van der Waals surface area contributed by atoms with E-state index in [1.165, 1.54) is 0 Å². The quantitative estimate of drug-likeness (QED) is 0.540. The van der Waals surface area contributed by atoms with E-state index in [0.717, 1.165) is 16.7 Å². The first-order valence-corrected chi connectivity index (χ1v) is 9.78. The molecule has 0 aliphatic heterocycles. The van der Waals surface area contributed by atoms with E-state index in [4.69, 9.17) is 16.3 Å². The van der Waals surface area contributed by atoms with Crippen LogP contribution in [0.25, 0.3) is 0 Å². The SMILES string of the molecule is OCC[C@@H](c1ccc(Cl)cc1)[C@](CO)(OCc1ccccc1)c1ccccc1. The van der Waals surface area contributed by atoms with Gasteiger partial charge in [-0.15, -0.1) is 0 Å². The Morgan fingerprint density at radius 2 is 1.43 bits per heavy atom. The van der Waals surface area contributed by atoms with Gasteiger partial charge in [0.2, 0.25) is 0 Å². The molecule has 0 aliphatic rings. The first-order valence-electron chi connectivity index (χ1n) is 9.40. The highest BCUT2D eigenvalue weighted by molar-refractivity contribution is 6.30. The van der Waals surface area contributed by atoms with Gasteiger partial charge in [-0.2, -0.15) is 0 Å². The van der Waals surface area contributed by atoms with Gasteiger partial charge in [0.1, 0.15) is 5.60 Å². The van der Waals surface area contributed by atoms with Crippen molar-refractivity contribution >= 4 is 11.6 Å². The second kappa shape index (κ2) is 9.85. The van der Waals surface area contributed by atoms with Gasteiger partial charge in [0.15, 0.2) is 0 Å². The van der Waals surface area contributed by atoms with Gasteiger partial charge >= 0.3 is 0 Å². The number of aliphatic hydroxyl groups excluding tert-OH is 2. The lowest BCUT2D eigenvalue weighted by atomic mass is 9.75. The maximum absolute atomic E-state index is 10.6. The van der Waals surface area contributed by atoms with Gasteiger partial charge in [0.05, 0.1) is 13.2 Å². The zero-order valence-corrected chi connectivity index (χ0v) is 16.4. The molecule has 2 N–H and O–H groups in total. The Morgan fingerprint density at radius 3 is 2.00 bits per heavy atom. The summed E-state index contributed by atoms with van der Waals surface area (Å²) >= 11 is 6.07. The zero-order chi connectivity index (χ0) is 19.8. The first kappa shape index (κ1) is 20.6. The van der Waals surface area contributed by atoms with Crippen LogP contribution in [0.5, 0.6) is 0 Å². The second-order valence-electron chi connectivity index (χ2n) is 6.80. The van der Waals surface area contributed by atoms with Crippen molar-refractivity contribution in [1.29, 1.82) is 0 Å². The molecule has 0 fully saturated rings. The summed E-state index contributed by atoms with van der Waals surface area (Å²) in [7, 11) is 0.